The Bertz CT molecular complexity index is 256. The minimum absolute atomic E-state index is 0. The molecular weight excluding hydrogens is 302 g/mol. The van der Waals surface area contributed by atoms with Gasteiger partial charge in [0.25, 0.3) is 0 Å². The van der Waals surface area contributed by atoms with E-state index in [-0.39, 0.29) is 55.7 Å². The van der Waals surface area contributed by atoms with E-state index in [1.165, 1.54) is 0 Å². The fourth-order valence-corrected chi connectivity index (χ4v) is 2.16. The summed E-state index contributed by atoms with van der Waals surface area (Å²) in [7, 11) is 0. The standard InChI is InChI=1S/C4HBBrClF3S.K/c6-2-1-3(5(8,9)10)11-4(2)7;/h1H;/q-1;+1. The van der Waals surface area contributed by atoms with E-state index in [9.17, 15) is 12.9 Å². The first-order valence-corrected chi connectivity index (χ1v) is 4.54. The molecule has 0 aliphatic carbocycles. The molecular formula is C4HBBrClF3KS. The van der Waals surface area contributed by atoms with E-state index in [2.05, 4.69) is 15.9 Å². The molecule has 1 aromatic rings. The molecule has 0 nitrogen and oxygen atoms in total. The van der Waals surface area contributed by atoms with Crippen LogP contribution in [0.15, 0.2) is 10.5 Å². The van der Waals surface area contributed by atoms with Gasteiger partial charge in [0.15, 0.2) is 0 Å². The van der Waals surface area contributed by atoms with Crippen LogP contribution in [-0.2, 0) is 0 Å². The van der Waals surface area contributed by atoms with Gasteiger partial charge in [-0.25, -0.2) is 0 Å². The van der Waals surface area contributed by atoms with Crippen LogP contribution in [0.2, 0.25) is 4.34 Å². The van der Waals surface area contributed by atoms with Crippen LogP contribution >= 0.6 is 38.9 Å². The van der Waals surface area contributed by atoms with Crippen molar-refractivity contribution in [2.24, 2.45) is 0 Å². The molecule has 0 N–H and O–H groups in total. The normalized spacial score (nSPS) is 11.1. The van der Waals surface area contributed by atoms with E-state index in [1.807, 2.05) is 0 Å². The smallest absolute Gasteiger partial charge is 0.444 e. The molecule has 0 fully saturated rings. The quantitative estimate of drug-likeness (QED) is 0.651. The van der Waals surface area contributed by atoms with E-state index in [1.54, 1.807) is 0 Å². The molecule has 1 rings (SSSR count). The van der Waals surface area contributed by atoms with Crippen molar-refractivity contribution in [2.45, 2.75) is 0 Å². The zero-order valence-corrected chi connectivity index (χ0v) is 12.2. The number of thiophene rings is 1. The summed E-state index contributed by atoms with van der Waals surface area (Å²) in [5.74, 6) is 0. The molecule has 0 bridgehead atoms. The first-order chi connectivity index (χ1) is 4.91. The van der Waals surface area contributed by atoms with Crippen LogP contribution in [0.1, 0.15) is 0 Å². The van der Waals surface area contributed by atoms with Crippen LogP contribution in [0, 0.1) is 0 Å². The van der Waals surface area contributed by atoms with Crippen molar-refractivity contribution in [2.75, 3.05) is 0 Å². The third kappa shape index (κ3) is 3.61. The Kier molecular flexibility index (Phi) is 6.00. The van der Waals surface area contributed by atoms with E-state index in [4.69, 9.17) is 11.6 Å². The Morgan fingerprint density at radius 2 is 1.92 bits per heavy atom. The monoisotopic (exact) mass is 302 g/mol. The Morgan fingerprint density at radius 3 is 2.08 bits per heavy atom. The molecule has 0 atom stereocenters. The molecule has 0 aromatic carbocycles. The van der Waals surface area contributed by atoms with Gasteiger partial charge >= 0.3 is 58.4 Å². The summed E-state index contributed by atoms with van der Waals surface area (Å²) < 4.78 is 35.7. The predicted molar refractivity (Wildman–Crippen MR) is 45.7 cm³/mol. The van der Waals surface area contributed by atoms with Gasteiger partial charge in [0.1, 0.15) is 4.34 Å². The summed E-state index contributed by atoms with van der Waals surface area (Å²) in [4.78, 5) is 0. The SMILES string of the molecule is F[B-](F)(F)c1cc(Br)c(Cl)s1.[K+]. The third-order valence-electron chi connectivity index (χ3n) is 0.987. The van der Waals surface area contributed by atoms with Gasteiger partial charge in [0, 0.05) is 4.47 Å². The van der Waals surface area contributed by atoms with Crippen molar-refractivity contribution < 1.29 is 64.3 Å². The average Bonchev–Trinajstić information content (AvgIpc) is 2.11. The van der Waals surface area contributed by atoms with Crippen molar-refractivity contribution in [1.82, 2.24) is 0 Å². The zero-order chi connectivity index (χ0) is 8.65. The summed E-state index contributed by atoms with van der Waals surface area (Å²) in [6.07, 6.45) is 0. The zero-order valence-electron chi connectivity index (χ0n) is 5.95. The summed E-state index contributed by atoms with van der Waals surface area (Å²) in [5, 5.41) is 0. The molecule has 0 saturated heterocycles. The molecule has 0 unspecified atom stereocenters. The molecule has 0 amide bonds. The molecule has 0 spiro atoms. The number of halogens is 5. The van der Waals surface area contributed by atoms with Gasteiger partial charge < -0.3 is 12.9 Å². The second-order valence-corrected chi connectivity index (χ2v) is 4.39. The second-order valence-electron chi connectivity index (χ2n) is 1.85. The van der Waals surface area contributed by atoms with E-state index < -0.39 is 11.8 Å². The second kappa shape index (κ2) is 5.16. The van der Waals surface area contributed by atoms with Crippen LogP contribution in [0.25, 0.3) is 0 Å². The summed E-state index contributed by atoms with van der Waals surface area (Å²) >= 11 is 8.86. The molecule has 0 aliphatic rings. The predicted octanol–water partition coefficient (Wildman–Crippen LogP) is 0.222. The van der Waals surface area contributed by atoms with Crippen LogP contribution in [0.3, 0.4) is 0 Å². The Morgan fingerprint density at radius 1 is 1.42 bits per heavy atom. The molecule has 62 valence electrons. The number of hydrogen-bond donors (Lipinski definition) is 0. The molecule has 12 heavy (non-hydrogen) atoms. The van der Waals surface area contributed by atoms with Gasteiger partial charge in [0.2, 0.25) is 0 Å². The maximum atomic E-state index is 12.0. The molecule has 8 heteroatoms. The third-order valence-corrected chi connectivity index (χ3v) is 3.56. The fourth-order valence-electron chi connectivity index (χ4n) is 0.525. The van der Waals surface area contributed by atoms with Gasteiger partial charge in [-0.1, -0.05) is 22.4 Å². The topological polar surface area (TPSA) is 0 Å². The van der Waals surface area contributed by atoms with Gasteiger partial charge in [-0.05, 0) is 15.9 Å². The first kappa shape index (κ1) is 14.0. The largest absolute Gasteiger partial charge is 1.00 e. The molecule has 1 heterocycles. The van der Waals surface area contributed by atoms with E-state index in [0.29, 0.717) is 15.8 Å². The Labute approximate surface area is 127 Å². The van der Waals surface area contributed by atoms with Crippen LogP contribution in [0.5, 0.6) is 0 Å². The summed E-state index contributed by atoms with van der Waals surface area (Å²) in [5.41, 5.74) is 0. The van der Waals surface area contributed by atoms with Gasteiger partial charge in [0.05, 0.1) is 0 Å². The van der Waals surface area contributed by atoms with Crippen molar-refractivity contribution >= 4 is 50.6 Å². The van der Waals surface area contributed by atoms with Crippen LogP contribution in [-0.4, -0.2) is 6.98 Å². The van der Waals surface area contributed by atoms with E-state index >= 15 is 0 Å². The van der Waals surface area contributed by atoms with Crippen molar-refractivity contribution in [3.63, 3.8) is 0 Å². The summed E-state index contributed by atoms with van der Waals surface area (Å²) in [6, 6.07) is 0.993. The van der Waals surface area contributed by atoms with Crippen LogP contribution < -0.4 is 56.2 Å². The van der Waals surface area contributed by atoms with Crippen molar-refractivity contribution in [3.05, 3.63) is 14.9 Å². The van der Waals surface area contributed by atoms with E-state index in [0.717, 1.165) is 6.07 Å². The molecule has 0 aliphatic heterocycles. The maximum absolute atomic E-state index is 12.0. The Hall–Kier alpha value is 1.96. The van der Waals surface area contributed by atoms with Gasteiger partial charge in [-0.3, -0.25) is 0 Å². The van der Waals surface area contributed by atoms with Crippen LogP contribution in [0.4, 0.5) is 12.9 Å². The van der Waals surface area contributed by atoms with Crippen molar-refractivity contribution in [3.8, 4) is 0 Å². The molecule has 1 aromatic heterocycles. The first-order valence-electron chi connectivity index (χ1n) is 2.56. The van der Waals surface area contributed by atoms with Gasteiger partial charge in [-0.15, -0.1) is 0 Å². The maximum Gasteiger partial charge on any atom is 1.00 e. The minimum Gasteiger partial charge on any atom is -0.444 e. The molecule has 0 radical (unpaired) electrons. The van der Waals surface area contributed by atoms with Crippen molar-refractivity contribution in [1.29, 1.82) is 0 Å². The number of rotatable bonds is 1. The molecule has 0 saturated carbocycles. The van der Waals surface area contributed by atoms with Gasteiger partial charge in [-0.2, -0.15) is 11.3 Å². The fraction of sp³-hybridized carbons (Fsp3) is 0. The average molecular weight is 303 g/mol. The Balaban J connectivity index is 0.00000121. The minimum atomic E-state index is -4.90. The summed E-state index contributed by atoms with van der Waals surface area (Å²) in [6.45, 7) is -4.90. The number of hydrogen-bond acceptors (Lipinski definition) is 1.